The Bertz CT molecular complexity index is 903. The first-order valence-electron chi connectivity index (χ1n) is 8.36. The molecule has 1 atom stereocenters. The second-order valence-electron chi connectivity index (χ2n) is 6.83. The molecule has 0 aliphatic carbocycles. The van der Waals surface area contributed by atoms with Gasteiger partial charge in [0.2, 0.25) is 11.8 Å². The summed E-state index contributed by atoms with van der Waals surface area (Å²) >= 11 is 1.15. The fourth-order valence-electron chi connectivity index (χ4n) is 2.82. The summed E-state index contributed by atoms with van der Waals surface area (Å²) in [5, 5.41) is 5.76. The van der Waals surface area contributed by atoms with Crippen molar-refractivity contribution in [3.63, 3.8) is 0 Å². The predicted molar refractivity (Wildman–Crippen MR) is 95.0 cm³/mol. The second kappa shape index (κ2) is 7.30. The van der Waals surface area contributed by atoms with Crippen molar-refractivity contribution in [2.24, 2.45) is 5.41 Å². The van der Waals surface area contributed by atoms with Crippen molar-refractivity contribution in [1.82, 2.24) is 10.3 Å². The van der Waals surface area contributed by atoms with Gasteiger partial charge in [-0.25, -0.2) is 18.2 Å². The number of nitrogens with zero attached hydrogens (tertiary/aromatic N) is 1. The standard InChI is InChI=1S/C18H18F3N3O2S/c1-9-12(7-10-3-4-11(19)15(21)14(10)20)27-17(23-9)24-16(26)18(2)6-5-13(25)22-8-18/h3-4H,5-8H2,1-2H3,(H,22,25)(H,23,24,26)/t18-/m1/s1. The highest BCUT2D eigenvalue weighted by Crippen LogP contribution is 2.31. The fourth-order valence-corrected chi connectivity index (χ4v) is 3.80. The molecule has 144 valence electrons. The summed E-state index contributed by atoms with van der Waals surface area (Å²) in [5.41, 5.74) is -0.151. The molecule has 1 fully saturated rings. The van der Waals surface area contributed by atoms with Crippen LogP contribution in [0.3, 0.4) is 0 Å². The Morgan fingerprint density at radius 2 is 2.07 bits per heavy atom. The van der Waals surface area contributed by atoms with Crippen molar-refractivity contribution in [3.05, 3.63) is 45.7 Å². The van der Waals surface area contributed by atoms with Gasteiger partial charge in [0.15, 0.2) is 22.6 Å². The Labute approximate surface area is 158 Å². The number of piperidine rings is 1. The number of carbonyl (C=O) groups excluding carboxylic acids is 2. The third-order valence-electron chi connectivity index (χ3n) is 4.71. The van der Waals surface area contributed by atoms with E-state index >= 15 is 0 Å². The summed E-state index contributed by atoms with van der Waals surface area (Å²) in [7, 11) is 0. The van der Waals surface area contributed by atoms with Crippen LogP contribution in [0.2, 0.25) is 0 Å². The van der Waals surface area contributed by atoms with E-state index in [1.54, 1.807) is 13.8 Å². The van der Waals surface area contributed by atoms with E-state index < -0.39 is 22.9 Å². The van der Waals surface area contributed by atoms with Crippen molar-refractivity contribution in [2.45, 2.75) is 33.1 Å². The van der Waals surface area contributed by atoms with E-state index in [1.807, 2.05) is 0 Å². The van der Waals surface area contributed by atoms with Crippen molar-refractivity contribution >= 4 is 28.3 Å². The van der Waals surface area contributed by atoms with E-state index in [-0.39, 0.29) is 36.8 Å². The zero-order valence-electron chi connectivity index (χ0n) is 14.8. The van der Waals surface area contributed by atoms with Gasteiger partial charge in [-0.2, -0.15) is 0 Å². The third kappa shape index (κ3) is 3.97. The average Bonchev–Trinajstić information content (AvgIpc) is 2.97. The number of nitrogens with one attached hydrogen (secondary N) is 2. The van der Waals surface area contributed by atoms with Gasteiger partial charge in [0, 0.05) is 24.3 Å². The Kier molecular flexibility index (Phi) is 5.23. The van der Waals surface area contributed by atoms with Crippen LogP contribution in [0.25, 0.3) is 0 Å². The molecule has 0 saturated carbocycles. The quantitative estimate of drug-likeness (QED) is 0.778. The number of aryl methyl sites for hydroxylation is 1. The van der Waals surface area contributed by atoms with Crippen LogP contribution in [-0.2, 0) is 16.0 Å². The minimum atomic E-state index is -1.50. The van der Waals surface area contributed by atoms with Crippen LogP contribution >= 0.6 is 11.3 Å². The molecule has 1 saturated heterocycles. The van der Waals surface area contributed by atoms with Crippen LogP contribution in [0.15, 0.2) is 12.1 Å². The first kappa shape index (κ1) is 19.3. The molecule has 9 heteroatoms. The van der Waals surface area contributed by atoms with Gasteiger partial charge in [-0.1, -0.05) is 6.07 Å². The largest absolute Gasteiger partial charge is 0.355 e. The minimum absolute atomic E-state index is 0.0143. The van der Waals surface area contributed by atoms with Crippen LogP contribution in [0.5, 0.6) is 0 Å². The van der Waals surface area contributed by atoms with Gasteiger partial charge in [-0.05, 0) is 31.9 Å². The summed E-state index contributed by atoms with van der Waals surface area (Å²) in [4.78, 5) is 28.8. The van der Waals surface area contributed by atoms with Gasteiger partial charge in [0.1, 0.15) is 0 Å². The lowest BCUT2D eigenvalue weighted by molar-refractivity contribution is -0.130. The maximum absolute atomic E-state index is 13.9. The SMILES string of the molecule is Cc1nc(NC(=O)[C@]2(C)CCC(=O)NC2)sc1Cc1ccc(F)c(F)c1F. The first-order chi connectivity index (χ1) is 12.7. The highest BCUT2D eigenvalue weighted by atomic mass is 32.1. The number of anilines is 1. The molecule has 1 aromatic carbocycles. The lowest BCUT2D eigenvalue weighted by Crippen LogP contribution is -2.48. The molecule has 1 aliphatic heterocycles. The van der Waals surface area contributed by atoms with Gasteiger partial charge < -0.3 is 10.6 Å². The van der Waals surface area contributed by atoms with Crippen molar-refractivity contribution in [2.75, 3.05) is 11.9 Å². The third-order valence-corrected chi connectivity index (χ3v) is 5.78. The Balaban J connectivity index is 1.74. The van der Waals surface area contributed by atoms with Crippen LogP contribution in [0, 0.1) is 29.8 Å². The number of benzene rings is 1. The molecule has 2 amide bonds. The number of hydrogen-bond donors (Lipinski definition) is 2. The summed E-state index contributed by atoms with van der Waals surface area (Å²) in [6.45, 7) is 3.70. The molecule has 5 nitrogen and oxygen atoms in total. The van der Waals surface area contributed by atoms with Crippen LogP contribution in [-0.4, -0.2) is 23.3 Å². The second-order valence-corrected chi connectivity index (χ2v) is 7.91. The molecule has 0 bridgehead atoms. The summed E-state index contributed by atoms with van der Waals surface area (Å²) in [6.07, 6.45) is 0.749. The molecule has 2 aromatic rings. The minimum Gasteiger partial charge on any atom is -0.355 e. The molecule has 0 radical (unpaired) electrons. The molecule has 27 heavy (non-hydrogen) atoms. The molecule has 1 aliphatic rings. The zero-order chi connectivity index (χ0) is 19.8. The maximum atomic E-state index is 13.9. The molecular weight excluding hydrogens is 379 g/mol. The number of hydrogen-bond acceptors (Lipinski definition) is 4. The monoisotopic (exact) mass is 397 g/mol. The Morgan fingerprint density at radius 3 is 2.74 bits per heavy atom. The van der Waals surface area contributed by atoms with Gasteiger partial charge in [-0.3, -0.25) is 9.59 Å². The summed E-state index contributed by atoms with van der Waals surface area (Å²) in [6, 6.07) is 2.07. The molecule has 0 spiro atoms. The molecule has 0 unspecified atom stereocenters. The molecule has 3 rings (SSSR count). The maximum Gasteiger partial charge on any atom is 0.233 e. The highest BCUT2D eigenvalue weighted by molar-refractivity contribution is 7.15. The van der Waals surface area contributed by atoms with Gasteiger partial charge in [-0.15, -0.1) is 11.3 Å². The predicted octanol–water partition coefficient (Wildman–Crippen LogP) is 3.31. The van der Waals surface area contributed by atoms with E-state index in [0.29, 0.717) is 22.1 Å². The van der Waals surface area contributed by atoms with Gasteiger partial charge in [0.25, 0.3) is 0 Å². The molecule has 1 aromatic heterocycles. The summed E-state index contributed by atoms with van der Waals surface area (Å²) < 4.78 is 40.3. The number of aromatic nitrogens is 1. The number of rotatable bonds is 4. The number of thiazole rings is 1. The van der Waals surface area contributed by atoms with Gasteiger partial charge in [0.05, 0.1) is 11.1 Å². The molecular formula is C18H18F3N3O2S. The number of amides is 2. The topological polar surface area (TPSA) is 71.1 Å². The van der Waals surface area contributed by atoms with Crippen molar-refractivity contribution < 1.29 is 22.8 Å². The summed E-state index contributed by atoms with van der Waals surface area (Å²) in [5.74, 6) is -4.31. The lowest BCUT2D eigenvalue weighted by atomic mass is 9.82. The van der Waals surface area contributed by atoms with E-state index in [2.05, 4.69) is 15.6 Å². The first-order valence-corrected chi connectivity index (χ1v) is 9.18. The molecule has 2 heterocycles. The van der Waals surface area contributed by atoms with E-state index in [4.69, 9.17) is 0 Å². The average molecular weight is 397 g/mol. The van der Waals surface area contributed by atoms with Crippen LogP contribution in [0.4, 0.5) is 18.3 Å². The van der Waals surface area contributed by atoms with Crippen LogP contribution in [0.1, 0.15) is 35.9 Å². The van der Waals surface area contributed by atoms with E-state index in [9.17, 15) is 22.8 Å². The Morgan fingerprint density at radius 1 is 1.33 bits per heavy atom. The zero-order valence-corrected chi connectivity index (χ0v) is 15.6. The lowest BCUT2D eigenvalue weighted by Gasteiger charge is -2.31. The van der Waals surface area contributed by atoms with Gasteiger partial charge >= 0.3 is 0 Å². The Hall–Kier alpha value is -2.42. The van der Waals surface area contributed by atoms with E-state index in [1.165, 1.54) is 6.07 Å². The van der Waals surface area contributed by atoms with Crippen LogP contribution < -0.4 is 10.6 Å². The smallest absolute Gasteiger partial charge is 0.233 e. The fraction of sp³-hybridized carbons (Fsp3) is 0.389. The van der Waals surface area contributed by atoms with Crippen molar-refractivity contribution in [1.29, 1.82) is 0 Å². The van der Waals surface area contributed by atoms with E-state index in [0.717, 1.165) is 17.4 Å². The normalized spacial score (nSPS) is 19.7. The highest BCUT2D eigenvalue weighted by Gasteiger charge is 2.37. The number of carbonyl (C=O) groups is 2. The van der Waals surface area contributed by atoms with Crippen molar-refractivity contribution in [3.8, 4) is 0 Å². The molecule has 2 N–H and O–H groups in total. The number of halogens is 3.